The van der Waals surface area contributed by atoms with Gasteiger partial charge in [-0.3, -0.25) is 4.57 Å². The van der Waals surface area contributed by atoms with Crippen LogP contribution in [0.4, 0.5) is 8.78 Å². The number of hydrogen-bond acceptors (Lipinski definition) is 2. The van der Waals surface area contributed by atoms with Gasteiger partial charge in [0.2, 0.25) is 0 Å². The minimum Gasteiger partial charge on any atom is -0.320 e. The van der Waals surface area contributed by atoms with E-state index in [2.05, 4.69) is 28.1 Å². The first kappa shape index (κ1) is 20.6. The highest BCUT2D eigenvalue weighted by atomic mass is 79.9. The molecule has 0 saturated heterocycles. The Kier molecular flexibility index (Phi) is 6.85. The molecule has 0 heterocycles. The maximum atomic E-state index is 13.8. The topological polar surface area (TPSA) is 57.5 Å². The summed E-state index contributed by atoms with van der Waals surface area (Å²) in [5, 5.41) is 0.0674. The van der Waals surface area contributed by atoms with Crippen LogP contribution in [0, 0.1) is 0 Å². The number of thioether (sulfide) groups is 1. The molecule has 0 aliphatic carbocycles. The van der Waals surface area contributed by atoms with Crippen molar-refractivity contribution in [3.05, 3.63) is 69.7 Å². The van der Waals surface area contributed by atoms with E-state index in [0.717, 1.165) is 23.8 Å². The van der Waals surface area contributed by atoms with Gasteiger partial charge in [-0.25, -0.2) is 0 Å². The lowest BCUT2D eigenvalue weighted by atomic mass is 10.1. The van der Waals surface area contributed by atoms with Gasteiger partial charge in [0, 0.05) is 15.3 Å². The summed E-state index contributed by atoms with van der Waals surface area (Å²) in [5.41, 5.74) is -2.87. The first-order valence-corrected chi connectivity index (χ1v) is 11.0. The summed E-state index contributed by atoms with van der Waals surface area (Å²) in [6.07, 6.45) is 0.908. The molecule has 0 aromatic heterocycles. The second-order valence-electron chi connectivity index (χ2n) is 5.57. The van der Waals surface area contributed by atoms with Crippen molar-refractivity contribution >= 4 is 35.3 Å². The second-order valence-corrected chi connectivity index (χ2v) is 9.53. The number of benzene rings is 2. The molecule has 3 nitrogen and oxygen atoms in total. The zero-order valence-corrected chi connectivity index (χ0v) is 16.7. The molecular formula is C17H18BrF2O3PS. The highest BCUT2D eigenvalue weighted by Crippen LogP contribution is 2.60. The molecule has 0 radical (unpaired) electrons. The molecule has 8 heteroatoms. The van der Waals surface area contributed by atoms with Crippen molar-refractivity contribution in [1.29, 1.82) is 0 Å². The fourth-order valence-corrected chi connectivity index (χ4v) is 4.63. The van der Waals surface area contributed by atoms with Gasteiger partial charge in [-0.15, -0.1) is 0 Å². The van der Waals surface area contributed by atoms with Gasteiger partial charge in [0.15, 0.2) is 0 Å². The van der Waals surface area contributed by atoms with Gasteiger partial charge in [-0.05, 0) is 36.3 Å². The normalized spacial score (nSPS) is 13.7. The Bertz CT molecular complexity index is 768. The summed E-state index contributed by atoms with van der Waals surface area (Å²) in [4.78, 5) is 17.7. The standard InChI is InChI=1S/C17H18BrF2O3PS/c1-12(25-10-9-13-5-3-2-4-6-13)14-7-8-15(16(18)11-14)17(19,20)24(21,22)23/h2-8,11-12H,9-10H2,1H3,(H2,21,22,23). The van der Waals surface area contributed by atoms with Crippen LogP contribution in [-0.2, 0) is 16.6 Å². The lowest BCUT2D eigenvalue weighted by Crippen LogP contribution is -2.14. The van der Waals surface area contributed by atoms with E-state index in [4.69, 9.17) is 9.79 Å². The van der Waals surface area contributed by atoms with Crippen molar-refractivity contribution in [2.45, 2.75) is 24.3 Å². The fraction of sp³-hybridized carbons (Fsp3) is 0.294. The Morgan fingerprint density at radius 3 is 2.40 bits per heavy atom. The van der Waals surface area contributed by atoms with Crippen LogP contribution in [0.3, 0.4) is 0 Å². The molecule has 0 amide bonds. The first-order valence-electron chi connectivity index (χ1n) is 7.52. The van der Waals surface area contributed by atoms with Crippen molar-refractivity contribution in [2.24, 2.45) is 0 Å². The molecule has 0 saturated carbocycles. The third-order valence-corrected chi connectivity index (χ3v) is 6.59. The molecule has 0 fully saturated rings. The number of rotatable bonds is 7. The maximum absolute atomic E-state index is 13.8. The summed E-state index contributed by atoms with van der Waals surface area (Å²) in [5.74, 6) is 0.878. The summed E-state index contributed by atoms with van der Waals surface area (Å²) < 4.78 is 38.7. The Labute approximate surface area is 158 Å². The highest BCUT2D eigenvalue weighted by Gasteiger charge is 2.51. The minimum absolute atomic E-state index is 0.00571. The van der Waals surface area contributed by atoms with Crippen molar-refractivity contribution in [2.75, 3.05) is 5.75 Å². The van der Waals surface area contributed by atoms with E-state index in [1.165, 1.54) is 17.7 Å². The van der Waals surface area contributed by atoms with Crippen LogP contribution in [0.15, 0.2) is 53.0 Å². The van der Waals surface area contributed by atoms with Crippen LogP contribution in [0.5, 0.6) is 0 Å². The molecule has 136 valence electrons. The molecule has 2 rings (SSSR count). The molecular weight excluding hydrogens is 433 g/mol. The monoisotopic (exact) mass is 450 g/mol. The SMILES string of the molecule is CC(SCCc1ccccc1)c1ccc(C(F)(F)P(=O)(O)O)c(Br)c1. The van der Waals surface area contributed by atoms with Crippen molar-refractivity contribution in [3.8, 4) is 0 Å². The summed E-state index contributed by atoms with van der Waals surface area (Å²) in [6, 6.07) is 14.1. The molecule has 0 bridgehead atoms. The number of alkyl halides is 2. The van der Waals surface area contributed by atoms with E-state index in [0.29, 0.717) is 0 Å². The van der Waals surface area contributed by atoms with E-state index in [1.807, 2.05) is 25.1 Å². The molecule has 1 unspecified atom stereocenters. The van der Waals surface area contributed by atoms with E-state index in [9.17, 15) is 13.3 Å². The molecule has 2 aromatic rings. The Morgan fingerprint density at radius 2 is 1.84 bits per heavy atom. The van der Waals surface area contributed by atoms with Crippen LogP contribution in [0.25, 0.3) is 0 Å². The van der Waals surface area contributed by atoms with Crippen LogP contribution < -0.4 is 0 Å². The molecule has 0 aliphatic rings. The predicted molar refractivity (Wildman–Crippen MR) is 101 cm³/mol. The molecule has 0 aliphatic heterocycles. The minimum atomic E-state index is -5.58. The van der Waals surface area contributed by atoms with Gasteiger partial charge >= 0.3 is 13.3 Å². The van der Waals surface area contributed by atoms with Crippen LogP contribution >= 0.6 is 35.3 Å². The van der Waals surface area contributed by atoms with E-state index in [-0.39, 0.29) is 9.72 Å². The Morgan fingerprint density at radius 1 is 1.20 bits per heavy atom. The van der Waals surface area contributed by atoms with Gasteiger partial charge < -0.3 is 9.79 Å². The van der Waals surface area contributed by atoms with Crippen molar-refractivity contribution in [3.63, 3.8) is 0 Å². The molecule has 25 heavy (non-hydrogen) atoms. The zero-order valence-electron chi connectivity index (χ0n) is 13.4. The van der Waals surface area contributed by atoms with E-state index < -0.39 is 18.8 Å². The summed E-state index contributed by atoms with van der Waals surface area (Å²) >= 11 is 4.71. The molecule has 1 atom stereocenters. The lowest BCUT2D eigenvalue weighted by molar-refractivity contribution is 0.0557. The van der Waals surface area contributed by atoms with Gasteiger partial charge in [0.25, 0.3) is 0 Å². The average Bonchev–Trinajstić information content (AvgIpc) is 2.54. The van der Waals surface area contributed by atoms with Crippen LogP contribution in [0.1, 0.15) is 28.9 Å². The number of halogens is 3. The smallest absolute Gasteiger partial charge is 0.320 e. The third kappa shape index (κ3) is 5.14. The van der Waals surface area contributed by atoms with Gasteiger partial charge in [-0.2, -0.15) is 20.5 Å². The quantitative estimate of drug-likeness (QED) is 0.530. The third-order valence-electron chi connectivity index (χ3n) is 3.75. The highest BCUT2D eigenvalue weighted by molar-refractivity contribution is 9.10. The summed E-state index contributed by atoms with van der Waals surface area (Å²) in [6.45, 7) is 1.97. The summed E-state index contributed by atoms with van der Waals surface area (Å²) in [7, 11) is -5.58. The van der Waals surface area contributed by atoms with Crippen LogP contribution in [0.2, 0.25) is 0 Å². The van der Waals surface area contributed by atoms with Gasteiger partial charge in [0.05, 0.1) is 0 Å². The van der Waals surface area contributed by atoms with Gasteiger partial charge in [-0.1, -0.05) is 58.4 Å². The van der Waals surface area contributed by atoms with E-state index in [1.54, 1.807) is 11.8 Å². The van der Waals surface area contributed by atoms with Crippen molar-refractivity contribution in [1.82, 2.24) is 0 Å². The van der Waals surface area contributed by atoms with Gasteiger partial charge in [0.1, 0.15) is 0 Å². The fourth-order valence-electron chi connectivity index (χ4n) is 2.28. The zero-order chi connectivity index (χ0) is 18.7. The maximum Gasteiger partial charge on any atom is 0.399 e. The lowest BCUT2D eigenvalue weighted by Gasteiger charge is -2.20. The number of hydrogen-bond donors (Lipinski definition) is 2. The Hall–Kier alpha value is -0.720. The molecule has 0 spiro atoms. The molecule has 2 N–H and O–H groups in total. The van der Waals surface area contributed by atoms with Crippen molar-refractivity contribution < 1.29 is 23.1 Å². The van der Waals surface area contributed by atoms with E-state index >= 15 is 0 Å². The average molecular weight is 451 g/mol. The largest absolute Gasteiger partial charge is 0.399 e. The molecule has 2 aromatic carbocycles. The first-order chi connectivity index (χ1) is 11.6. The predicted octanol–water partition coefficient (Wildman–Crippen LogP) is 5.71. The number of aryl methyl sites for hydroxylation is 1. The second kappa shape index (κ2) is 8.31. The van der Waals surface area contributed by atoms with Crippen LogP contribution in [-0.4, -0.2) is 15.5 Å². The Balaban J connectivity index is 2.05.